The van der Waals surface area contributed by atoms with Crippen LogP contribution < -0.4 is 0 Å². The topological polar surface area (TPSA) is 44.1 Å². The summed E-state index contributed by atoms with van der Waals surface area (Å²) < 4.78 is 58.2. The first-order valence-electron chi connectivity index (χ1n) is 7.60. The maximum absolute atomic E-state index is 13.9. The van der Waals surface area contributed by atoms with Gasteiger partial charge in [0.1, 0.15) is 5.82 Å². The second-order valence-corrected chi connectivity index (χ2v) is 6.46. The predicted octanol–water partition coefficient (Wildman–Crippen LogP) is 4.50. The van der Waals surface area contributed by atoms with Crippen molar-refractivity contribution in [1.29, 1.82) is 0 Å². The molecule has 136 valence electrons. The summed E-state index contributed by atoms with van der Waals surface area (Å²) in [5, 5.41) is 4.09. The van der Waals surface area contributed by atoms with E-state index in [9.17, 15) is 22.4 Å². The van der Waals surface area contributed by atoms with Gasteiger partial charge in [0.2, 0.25) is 0 Å². The number of halogens is 4. The van der Waals surface area contributed by atoms with Crippen molar-refractivity contribution in [3.8, 4) is 5.69 Å². The average Bonchev–Trinajstić information content (AvgIpc) is 2.91. The highest BCUT2D eigenvalue weighted by atomic mass is 19.4. The van der Waals surface area contributed by atoms with Gasteiger partial charge in [0.25, 0.3) is 0 Å². The van der Waals surface area contributed by atoms with Crippen molar-refractivity contribution in [3.05, 3.63) is 47.0 Å². The molecule has 1 aromatic carbocycles. The van der Waals surface area contributed by atoms with Gasteiger partial charge in [-0.1, -0.05) is 20.8 Å². The lowest BCUT2D eigenvalue weighted by Crippen LogP contribution is -2.18. The quantitative estimate of drug-likeness (QED) is 0.599. The normalized spacial score (nSPS) is 12.3. The van der Waals surface area contributed by atoms with Gasteiger partial charge in [0.05, 0.1) is 23.6 Å². The van der Waals surface area contributed by atoms with Crippen molar-refractivity contribution in [2.24, 2.45) is 0 Å². The molecule has 0 amide bonds. The van der Waals surface area contributed by atoms with Crippen LogP contribution in [0.5, 0.6) is 0 Å². The number of carbonyl (C=O) groups is 1. The summed E-state index contributed by atoms with van der Waals surface area (Å²) in [6.45, 7) is 7.33. The molecule has 0 unspecified atom stereocenters. The molecule has 2 aromatic rings. The highest BCUT2D eigenvalue weighted by Gasteiger charge is 2.34. The predicted molar refractivity (Wildman–Crippen MR) is 83.2 cm³/mol. The smallest absolute Gasteiger partial charge is 0.419 e. The van der Waals surface area contributed by atoms with Gasteiger partial charge in [0.15, 0.2) is 5.69 Å². The number of aromatic nitrogens is 2. The van der Waals surface area contributed by atoms with E-state index in [1.807, 2.05) is 20.8 Å². The molecule has 0 saturated heterocycles. The van der Waals surface area contributed by atoms with Crippen molar-refractivity contribution < 1.29 is 27.1 Å². The first kappa shape index (κ1) is 19.0. The summed E-state index contributed by atoms with van der Waals surface area (Å²) in [6.07, 6.45) is -4.78. The van der Waals surface area contributed by atoms with E-state index in [0.29, 0.717) is 11.8 Å². The number of alkyl halides is 3. The van der Waals surface area contributed by atoms with Crippen molar-refractivity contribution in [2.75, 3.05) is 6.61 Å². The number of esters is 1. The van der Waals surface area contributed by atoms with E-state index in [-0.39, 0.29) is 18.0 Å². The molecule has 0 aliphatic carbocycles. The van der Waals surface area contributed by atoms with Crippen LogP contribution in [0, 0.1) is 5.82 Å². The molecule has 8 heteroatoms. The SMILES string of the molecule is CCOC(=O)c1cc(C(C)(C)C)n(-c2ccc(C(F)(F)F)c(F)c2)n1. The highest BCUT2D eigenvalue weighted by molar-refractivity contribution is 5.87. The van der Waals surface area contributed by atoms with Crippen LogP contribution in [0.25, 0.3) is 5.69 Å². The highest BCUT2D eigenvalue weighted by Crippen LogP contribution is 2.33. The minimum Gasteiger partial charge on any atom is -0.461 e. The third-order valence-electron chi connectivity index (χ3n) is 3.46. The Labute approximate surface area is 142 Å². The Hall–Kier alpha value is -2.38. The number of ether oxygens (including phenoxy) is 1. The number of nitrogens with zero attached hydrogens (tertiary/aromatic N) is 2. The Balaban J connectivity index is 2.58. The van der Waals surface area contributed by atoms with Crippen molar-refractivity contribution in [1.82, 2.24) is 9.78 Å². The molecule has 25 heavy (non-hydrogen) atoms. The van der Waals surface area contributed by atoms with E-state index >= 15 is 0 Å². The lowest BCUT2D eigenvalue weighted by Gasteiger charge is -2.20. The summed E-state index contributed by atoms with van der Waals surface area (Å²) in [6, 6.07) is 4.01. The van der Waals surface area contributed by atoms with Crippen LogP contribution in [-0.2, 0) is 16.3 Å². The number of hydrogen-bond donors (Lipinski definition) is 0. The molecule has 1 aromatic heterocycles. The van der Waals surface area contributed by atoms with Gasteiger partial charge in [0, 0.05) is 11.5 Å². The van der Waals surface area contributed by atoms with Crippen LogP contribution in [0.15, 0.2) is 24.3 Å². The van der Waals surface area contributed by atoms with Gasteiger partial charge in [-0.25, -0.2) is 13.9 Å². The Morgan fingerprint density at radius 2 is 1.84 bits per heavy atom. The number of benzene rings is 1. The zero-order chi connectivity index (χ0) is 19.0. The van der Waals surface area contributed by atoms with Crippen molar-refractivity contribution >= 4 is 5.97 Å². The first-order chi connectivity index (χ1) is 11.4. The molecule has 1 heterocycles. The van der Waals surface area contributed by atoms with Crippen LogP contribution in [0.4, 0.5) is 17.6 Å². The molecule has 0 atom stereocenters. The van der Waals surface area contributed by atoms with Crippen LogP contribution in [0.1, 0.15) is 49.4 Å². The molecular formula is C17H18F4N2O2. The van der Waals surface area contributed by atoms with Crippen LogP contribution in [-0.4, -0.2) is 22.4 Å². The van der Waals surface area contributed by atoms with E-state index in [1.54, 1.807) is 6.92 Å². The Morgan fingerprint density at radius 3 is 2.32 bits per heavy atom. The second-order valence-electron chi connectivity index (χ2n) is 6.46. The molecule has 0 bridgehead atoms. The van der Waals surface area contributed by atoms with E-state index in [2.05, 4.69) is 5.10 Å². The molecule has 0 spiro atoms. The van der Waals surface area contributed by atoms with Gasteiger partial charge in [-0.3, -0.25) is 0 Å². The molecule has 4 nitrogen and oxygen atoms in total. The molecule has 0 fully saturated rings. The lowest BCUT2D eigenvalue weighted by atomic mass is 9.91. The van der Waals surface area contributed by atoms with Crippen LogP contribution in [0.2, 0.25) is 0 Å². The van der Waals surface area contributed by atoms with E-state index in [4.69, 9.17) is 4.74 Å². The maximum Gasteiger partial charge on any atom is 0.419 e. The summed E-state index contributed by atoms with van der Waals surface area (Å²) >= 11 is 0. The first-order valence-corrected chi connectivity index (χ1v) is 7.60. The molecule has 0 aliphatic rings. The van der Waals surface area contributed by atoms with Gasteiger partial charge >= 0.3 is 12.1 Å². The maximum atomic E-state index is 13.9. The van der Waals surface area contributed by atoms with Gasteiger partial charge in [-0.15, -0.1) is 0 Å². The lowest BCUT2D eigenvalue weighted by molar-refractivity contribution is -0.140. The van der Waals surface area contributed by atoms with E-state index in [1.165, 1.54) is 10.7 Å². The fourth-order valence-electron chi connectivity index (χ4n) is 2.28. The fraction of sp³-hybridized carbons (Fsp3) is 0.412. The van der Waals surface area contributed by atoms with E-state index in [0.717, 1.165) is 12.1 Å². The summed E-state index contributed by atoms with van der Waals surface area (Å²) in [4.78, 5) is 11.9. The van der Waals surface area contributed by atoms with Crippen molar-refractivity contribution in [3.63, 3.8) is 0 Å². The van der Waals surface area contributed by atoms with Crippen LogP contribution >= 0.6 is 0 Å². The zero-order valence-corrected chi connectivity index (χ0v) is 14.2. The number of rotatable bonds is 3. The molecular weight excluding hydrogens is 340 g/mol. The summed E-state index contributed by atoms with van der Waals surface area (Å²) in [7, 11) is 0. The Morgan fingerprint density at radius 1 is 1.20 bits per heavy atom. The number of carbonyl (C=O) groups excluding carboxylic acids is 1. The fourth-order valence-corrected chi connectivity index (χ4v) is 2.28. The molecule has 0 saturated carbocycles. The molecule has 0 aliphatic heterocycles. The van der Waals surface area contributed by atoms with Crippen LogP contribution in [0.3, 0.4) is 0 Å². The van der Waals surface area contributed by atoms with Gasteiger partial charge < -0.3 is 4.74 Å². The third-order valence-corrected chi connectivity index (χ3v) is 3.46. The van der Waals surface area contributed by atoms with Gasteiger partial charge in [-0.05, 0) is 25.1 Å². The third kappa shape index (κ3) is 4.00. The standard InChI is InChI=1S/C17H18F4N2O2/c1-5-25-15(24)13-9-14(16(2,3)4)23(22-13)10-6-7-11(12(18)8-10)17(19,20)21/h6-9H,5H2,1-4H3. The van der Waals surface area contributed by atoms with E-state index < -0.39 is 28.9 Å². The summed E-state index contributed by atoms with van der Waals surface area (Å²) in [5.41, 5.74) is -1.21. The average molecular weight is 358 g/mol. The molecule has 0 N–H and O–H groups in total. The largest absolute Gasteiger partial charge is 0.461 e. The van der Waals surface area contributed by atoms with Crippen molar-refractivity contribution in [2.45, 2.75) is 39.3 Å². The Kier molecular flexibility index (Phi) is 4.92. The minimum absolute atomic E-state index is 0.00656. The Bertz CT molecular complexity index is 789. The second kappa shape index (κ2) is 6.50. The zero-order valence-electron chi connectivity index (χ0n) is 14.2. The monoisotopic (exact) mass is 358 g/mol. The molecule has 2 rings (SSSR count). The minimum atomic E-state index is -4.78. The number of hydrogen-bond acceptors (Lipinski definition) is 3. The van der Waals surface area contributed by atoms with Gasteiger partial charge in [-0.2, -0.15) is 18.3 Å². The summed E-state index contributed by atoms with van der Waals surface area (Å²) in [5.74, 6) is -2.06. The molecule has 0 radical (unpaired) electrons.